The van der Waals surface area contributed by atoms with E-state index in [1.807, 2.05) is 18.3 Å². The zero-order chi connectivity index (χ0) is 23.8. The van der Waals surface area contributed by atoms with Crippen molar-refractivity contribution in [1.29, 1.82) is 0 Å². The van der Waals surface area contributed by atoms with Crippen LogP contribution in [0.2, 0.25) is 0 Å². The molecule has 1 aliphatic rings. The van der Waals surface area contributed by atoms with E-state index in [1.165, 1.54) is 18.6 Å². The van der Waals surface area contributed by atoms with E-state index in [-0.39, 0.29) is 11.0 Å². The molecular weight excluding hydrogens is 448 g/mol. The van der Waals surface area contributed by atoms with E-state index >= 15 is 0 Å². The first kappa shape index (κ1) is 24.1. The normalized spacial score (nSPS) is 16.2. The zero-order valence-electron chi connectivity index (χ0n) is 19.2. The molecule has 1 aliphatic carbocycles. The molecule has 0 radical (unpaired) electrons. The molecule has 1 heterocycles. The van der Waals surface area contributed by atoms with Gasteiger partial charge in [-0.2, -0.15) is 13.2 Å². The fourth-order valence-electron chi connectivity index (χ4n) is 4.23. The molecule has 1 aromatic heterocycles. The Balaban J connectivity index is 1.79. The van der Waals surface area contributed by atoms with Gasteiger partial charge in [0.05, 0.1) is 11.6 Å². The average molecular weight is 479 g/mol. The van der Waals surface area contributed by atoms with Crippen LogP contribution in [0.4, 0.5) is 17.6 Å². The molecule has 1 saturated carbocycles. The molecule has 2 aromatic carbocycles. The van der Waals surface area contributed by atoms with Crippen LogP contribution >= 0.6 is 11.9 Å². The van der Waals surface area contributed by atoms with Crippen LogP contribution in [0.5, 0.6) is 0 Å². The molecule has 0 saturated heterocycles. The van der Waals surface area contributed by atoms with Crippen molar-refractivity contribution in [3.8, 4) is 11.1 Å². The summed E-state index contributed by atoms with van der Waals surface area (Å²) in [6.45, 7) is 6.45. The molecule has 0 amide bonds. The quantitative estimate of drug-likeness (QED) is 0.272. The van der Waals surface area contributed by atoms with Crippen molar-refractivity contribution in [2.45, 2.75) is 64.0 Å². The second-order valence-corrected chi connectivity index (χ2v) is 11.2. The number of rotatable bonds is 7. The Hall–Kier alpha value is -1.99. The van der Waals surface area contributed by atoms with Crippen LogP contribution in [0.15, 0.2) is 48.7 Å². The Bertz CT molecular complexity index is 1110. The second kappa shape index (κ2) is 9.34. The van der Waals surface area contributed by atoms with E-state index in [4.69, 9.17) is 0 Å². The maximum atomic E-state index is 14.1. The third-order valence-corrected chi connectivity index (χ3v) is 7.29. The summed E-state index contributed by atoms with van der Waals surface area (Å²) in [7, 11) is 0. The Morgan fingerprint density at radius 3 is 2.42 bits per heavy atom. The lowest BCUT2D eigenvalue weighted by atomic mass is 9.96. The monoisotopic (exact) mass is 478 g/mol. The Morgan fingerprint density at radius 2 is 1.82 bits per heavy atom. The van der Waals surface area contributed by atoms with Crippen LogP contribution in [0.3, 0.4) is 0 Å². The van der Waals surface area contributed by atoms with Crippen molar-refractivity contribution in [3.05, 3.63) is 59.8 Å². The predicted molar refractivity (Wildman–Crippen MR) is 129 cm³/mol. The molecule has 2 nitrogen and oxygen atoms in total. The van der Waals surface area contributed by atoms with Crippen LogP contribution in [0.1, 0.15) is 57.2 Å². The van der Waals surface area contributed by atoms with Crippen molar-refractivity contribution >= 4 is 22.9 Å². The van der Waals surface area contributed by atoms with Crippen LogP contribution in [-0.2, 0) is 12.7 Å². The summed E-state index contributed by atoms with van der Waals surface area (Å²) < 4.78 is 60.4. The molecule has 1 atom stereocenters. The first-order valence-electron chi connectivity index (χ1n) is 11.3. The molecule has 4 rings (SSSR count). The minimum atomic E-state index is -4.44. The first-order valence-corrected chi connectivity index (χ1v) is 12.2. The third-order valence-electron chi connectivity index (χ3n) is 6.06. The van der Waals surface area contributed by atoms with Gasteiger partial charge in [0.25, 0.3) is 0 Å². The molecule has 1 fully saturated rings. The van der Waals surface area contributed by atoms with Crippen molar-refractivity contribution < 1.29 is 17.6 Å². The number of hydrogen-bond donors (Lipinski definition) is 1. The van der Waals surface area contributed by atoms with E-state index < -0.39 is 24.5 Å². The summed E-state index contributed by atoms with van der Waals surface area (Å²) in [5.74, 6) is 0. The van der Waals surface area contributed by atoms with Gasteiger partial charge >= 0.3 is 6.18 Å². The molecule has 178 valence electrons. The third kappa shape index (κ3) is 5.40. The lowest BCUT2D eigenvalue weighted by molar-refractivity contribution is -0.137. The van der Waals surface area contributed by atoms with E-state index in [0.29, 0.717) is 17.4 Å². The summed E-state index contributed by atoms with van der Waals surface area (Å²) in [5, 5.41) is 1.39. The highest BCUT2D eigenvalue weighted by molar-refractivity contribution is 7.98. The largest absolute Gasteiger partial charge is 0.417 e. The number of halogens is 4. The predicted octanol–water partition coefficient (Wildman–Crippen LogP) is 8.17. The molecule has 0 spiro atoms. The molecule has 0 bridgehead atoms. The van der Waals surface area contributed by atoms with E-state index in [0.717, 1.165) is 35.4 Å². The number of nitrogens with zero attached hydrogens (tertiary/aromatic N) is 1. The molecule has 1 N–H and O–H groups in total. The van der Waals surface area contributed by atoms with Crippen molar-refractivity contribution in [2.75, 3.05) is 6.67 Å². The Kier molecular flexibility index (Phi) is 6.83. The lowest BCUT2D eigenvalue weighted by Gasteiger charge is -2.26. The Morgan fingerprint density at radius 1 is 1.09 bits per heavy atom. The number of hydrogen-bond acceptors (Lipinski definition) is 2. The van der Waals surface area contributed by atoms with Crippen LogP contribution in [0, 0.1) is 5.41 Å². The maximum Gasteiger partial charge on any atom is 0.417 e. The summed E-state index contributed by atoms with van der Waals surface area (Å²) >= 11 is 1.60. The zero-order valence-corrected chi connectivity index (χ0v) is 20.0. The second-order valence-electron chi connectivity index (χ2n) is 10.0. The van der Waals surface area contributed by atoms with Gasteiger partial charge in [-0.1, -0.05) is 69.5 Å². The number of alkyl halides is 4. The van der Waals surface area contributed by atoms with Gasteiger partial charge in [-0.05, 0) is 47.1 Å². The standard InChI is InChI=1S/C26H30F4N2S/c1-25(2,3)16-32-15-21(23(14-27)31-33-18-7-6-8-18)20-12-11-17(13-24(20)32)19-9-4-5-10-22(19)26(28,29)30/h4-5,9-13,15,18,23,31H,6-8,14,16H2,1-3H3. The smallest absolute Gasteiger partial charge is 0.347 e. The molecular formula is C26H30F4N2S. The van der Waals surface area contributed by atoms with Crippen LogP contribution < -0.4 is 4.72 Å². The molecule has 3 aromatic rings. The van der Waals surface area contributed by atoms with E-state index in [9.17, 15) is 17.6 Å². The van der Waals surface area contributed by atoms with Gasteiger partial charge in [0.15, 0.2) is 0 Å². The van der Waals surface area contributed by atoms with Crippen molar-refractivity contribution in [2.24, 2.45) is 5.41 Å². The van der Waals surface area contributed by atoms with Crippen molar-refractivity contribution in [3.63, 3.8) is 0 Å². The maximum absolute atomic E-state index is 14.1. The van der Waals surface area contributed by atoms with Crippen molar-refractivity contribution in [1.82, 2.24) is 9.29 Å². The average Bonchev–Trinajstić information content (AvgIpc) is 3.05. The van der Waals surface area contributed by atoms with Gasteiger partial charge in [-0.25, -0.2) is 4.39 Å². The van der Waals surface area contributed by atoms with E-state index in [2.05, 4.69) is 30.1 Å². The minimum Gasteiger partial charge on any atom is -0.347 e. The minimum absolute atomic E-state index is 0.0532. The van der Waals surface area contributed by atoms with Gasteiger partial charge in [0.1, 0.15) is 6.67 Å². The number of benzene rings is 2. The summed E-state index contributed by atoms with van der Waals surface area (Å²) in [5.41, 5.74) is 1.62. The summed E-state index contributed by atoms with van der Waals surface area (Å²) in [6, 6.07) is 10.5. The first-order chi connectivity index (χ1) is 15.6. The van der Waals surface area contributed by atoms with Gasteiger partial charge < -0.3 is 4.57 Å². The number of nitrogens with one attached hydrogen (secondary N) is 1. The molecule has 1 unspecified atom stereocenters. The van der Waals surface area contributed by atoms with Gasteiger partial charge in [-0.3, -0.25) is 4.72 Å². The fraction of sp³-hybridized carbons (Fsp3) is 0.462. The lowest BCUT2D eigenvalue weighted by Crippen LogP contribution is -2.23. The molecule has 7 heteroatoms. The van der Waals surface area contributed by atoms with Gasteiger partial charge in [0, 0.05) is 28.9 Å². The highest BCUT2D eigenvalue weighted by atomic mass is 32.2. The summed E-state index contributed by atoms with van der Waals surface area (Å²) in [6.07, 6.45) is 1.03. The molecule has 0 aliphatic heterocycles. The van der Waals surface area contributed by atoms with Crippen LogP contribution in [-0.4, -0.2) is 16.5 Å². The van der Waals surface area contributed by atoms with Gasteiger partial charge in [-0.15, -0.1) is 0 Å². The van der Waals surface area contributed by atoms with E-state index in [1.54, 1.807) is 24.1 Å². The number of fused-ring (bicyclic) bond motifs is 1. The SMILES string of the molecule is CC(C)(C)Cn1cc(C(CF)NSC2CCC2)c2ccc(-c3ccccc3C(F)(F)F)cc21. The molecule has 33 heavy (non-hydrogen) atoms. The fourth-order valence-corrected chi connectivity index (χ4v) is 5.35. The van der Waals surface area contributed by atoms with Gasteiger partial charge in [0.2, 0.25) is 0 Å². The highest BCUT2D eigenvalue weighted by Crippen LogP contribution is 2.40. The summed E-state index contributed by atoms with van der Waals surface area (Å²) in [4.78, 5) is 0. The Labute approximate surface area is 196 Å². The topological polar surface area (TPSA) is 17.0 Å². The van der Waals surface area contributed by atoms with Crippen LogP contribution in [0.25, 0.3) is 22.0 Å². The number of aromatic nitrogens is 1. The highest BCUT2D eigenvalue weighted by Gasteiger charge is 2.33.